The lowest BCUT2D eigenvalue weighted by atomic mass is 9.62. The topological polar surface area (TPSA) is 91.7 Å². The van der Waals surface area contributed by atoms with Crippen molar-refractivity contribution in [2.75, 3.05) is 0 Å². The van der Waals surface area contributed by atoms with Crippen molar-refractivity contribution in [1.29, 1.82) is 0 Å². The van der Waals surface area contributed by atoms with E-state index in [4.69, 9.17) is 0 Å². The van der Waals surface area contributed by atoms with Crippen molar-refractivity contribution in [1.82, 2.24) is 0 Å². The summed E-state index contributed by atoms with van der Waals surface area (Å²) in [6, 6.07) is 0. The second-order valence-corrected chi connectivity index (χ2v) is 11.4. The molecule has 0 saturated heterocycles. The Morgan fingerprint density at radius 1 is 1.20 bits per heavy atom. The molecule has 166 valence electrons. The number of allylic oxidation sites excluding steroid dienone is 4. The summed E-state index contributed by atoms with van der Waals surface area (Å²) in [5, 5.41) is 22.3. The molecule has 1 spiro atoms. The molecule has 3 rings (SSSR count). The summed E-state index contributed by atoms with van der Waals surface area (Å²) in [4.78, 5) is 40.7. The largest absolute Gasteiger partial charge is 0.510 e. The van der Waals surface area contributed by atoms with Crippen LogP contribution >= 0.6 is 0 Å². The van der Waals surface area contributed by atoms with E-state index in [1.807, 2.05) is 33.8 Å². The van der Waals surface area contributed by atoms with Crippen LogP contribution in [-0.2, 0) is 14.4 Å². The number of hydrogen-bond donors (Lipinski definition) is 2. The first-order valence-electron chi connectivity index (χ1n) is 11.0. The summed E-state index contributed by atoms with van der Waals surface area (Å²) >= 11 is 0. The van der Waals surface area contributed by atoms with Crippen LogP contribution in [0.15, 0.2) is 23.0 Å². The third-order valence-corrected chi connectivity index (χ3v) is 8.11. The summed E-state index contributed by atoms with van der Waals surface area (Å²) in [6.07, 6.45) is 2.69. The zero-order valence-corrected chi connectivity index (χ0v) is 19.5. The van der Waals surface area contributed by atoms with Crippen LogP contribution in [0.25, 0.3) is 0 Å². The number of carbonyl (C=O) groups excluding carboxylic acids is 3. The van der Waals surface area contributed by atoms with Gasteiger partial charge >= 0.3 is 0 Å². The van der Waals surface area contributed by atoms with Gasteiger partial charge in [0.25, 0.3) is 0 Å². The molecule has 4 atom stereocenters. The van der Waals surface area contributed by atoms with Crippen LogP contribution in [0.2, 0.25) is 0 Å². The average Bonchev–Trinajstić information content (AvgIpc) is 2.97. The van der Waals surface area contributed by atoms with Crippen LogP contribution in [-0.4, -0.2) is 33.2 Å². The first-order valence-corrected chi connectivity index (χ1v) is 11.0. The Hall–Kier alpha value is -1.75. The van der Waals surface area contributed by atoms with Crippen molar-refractivity contribution in [3.8, 4) is 0 Å². The molecule has 2 N–H and O–H groups in total. The van der Waals surface area contributed by atoms with E-state index >= 15 is 0 Å². The summed E-state index contributed by atoms with van der Waals surface area (Å²) < 4.78 is 0. The van der Waals surface area contributed by atoms with Gasteiger partial charge in [-0.2, -0.15) is 0 Å². The van der Waals surface area contributed by atoms with Crippen LogP contribution in [0.5, 0.6) is 0 Å². The maximum absolute atomic E-state index is 14.0. The van der Waals surface area contributed by atoms with E-state index in [0.29, 0.717) is 6.42 Å². The Labute approximate surface area is 179 Å². The number of fused-ring (bicyclic) bond motifs is 1. The van der Waals surface area contributed by atoms with Gasteiger partial charge in [0.15, 0.2) is 17.3 Å². The highest BCUT2D eigenvalue weighted by Gasteiger charge is 2.78. The van der Waals surface area contributed by atoms with E-state index in [1.54, 1.807) is 27.7 Å². The predicted molar refractivity (Wildman–Crippen MR) is 115 cm³/mol. The molecule has 3 aliphatic rings. The first-order chi connectivity index (χ1) is 13.5. The summed E-state index contributed by atoms with van der Waals surface area (Å²) in [5.74, 6) is -2.57. The molecule has 5 heteroatoms. The van der Waals surface area contributed by atoms with Crippen LogP contribution in [0, 0.1) is 34.0 Å². The Morgan fingerprint density at radius 3 is 2.23 bits per heavy atom. The molecule has 2 bridgehead atoms. The number of aliphatic hydroxyl groups is 2. The molecule has 0 aromatic carbocycles. The van der Waals surface area contributed by atoms with Crippen molar-refractivity contribution < 1.29 is 24.6 Å². The van der Waals surface area contributed by atoms with Gasteiger partial charge in [0, 0.05) is 5.92 Å². The molecule has 0 aliphatic heterocycles. The van der Waals surface area contributed by atoms with Gasteiger partial charge in [0.05, 0.1) is 16.4 Å². The Bertz CT molecular complexity index is 878. The van der Waals surface area contributed by atoms with E-state index in [0.717, 1.165) is 5.57 Å². The minimum Gasteiger partial charge on any atom is -0.510 e. The normalized spacial score (nSPS) is 35.1. The maximum atomic E-state index is 14.0. The lowest BCUT2D eigenvalue weighted by Gasteiger charge is -2.40. The summed E-state index contributed by atoms with van der Waals surface area (Å²) in [5.41, 5.74) is -3.32. The molecule has 0 aromatic rings. The zero-order valence-electron chi connectivity index (χ0n) is 19.5. The maximum Gasteiger partial charge on any atom is 0.183 e. The second-order valence-electron chi connectivity index (χ2n) is 11.4. The van der Waals surface area contributed by atoms with Crippen LogP contribution in [0.4, 0.5) is 0 Å². The van der Waals surface area contributed by atoms with E-state index < -0.39 is 39.3 Å². The molecular formula is C25H36O5. The zero-order chi connectivity index (χ0) is 23.0. The third kappa shape index (κ3) is 2.73. The minimum atomic E-state index is -1.31. The van der Waals surface area contributed by atoms with Gasteiger partial charge < -0.3 is 10.2 Å². The molecule has 0 amide bonds. The number of carbonyl (C=O) groups is 3. The second kappa shape index (κ2) is 6.62. The number of aliphatic hydroxyl groups excluding tert-OH is 1. The Kier molecular flexibility index (Phi) is 5.06. The quantitative estimate of drug-likeness (QED) is 0.395. The third-order valence-electron chi connectivity index (χ3n) is 8.11. The average molecular weight is 417 g/mol. The summed E-state index contributed by atoms with van der Waals surface area (Å²) in [6.45, 7) is 14.7. The number of ketones is 3. The standard InChI is InChI=1S/C25H36O5/c1-13(2)9-10-24-11-16-22(5,6)15(23(7,8)30)12-25(16,21(24)29)20(28)17(19(24)27)18(26)14(3)4/h9,14-16,28,30H,10-12H2,1-8H3/t15-,16-,24?,25+/m0/s1. The van der Waals surface area contributed by atoms with Crippen molar-refractivity contribution in [3.63, 3.8) is 0 Å². The number of rotatable bonds is 5. The molecule has 3 aliphatic carbocycles. The van der Waals surface area contributed by atoms with E-state index in [1.165, 1.54) is 0 Å². The van der Waals surface area contributed by atoms with E-state index in [9.17, 15) is 24.6 Å². The highest BCUT2D eigenvalue weighted by Crippen LogP contribution is 2.73. The number of hydrogen-bond acceptors (Lipinski definition) is 5. The smallest absolute Gasteiger partial charge is 0.183 e. The Balaban J connectivity index is 2.32. The van der Waals surface area contributed by atoms with Gasteiger partial charge in [-0.25, -0.2) is 0 Å². The highest BCUT2D eigenvalue weighted by molar-refractivity contribution is 6.32. The van der Waals surface area contributed by atoms with Gasteiger partial charge in [-0.15, -0.1) is 0 Å². The van der Waals surface area contributed by atoms with E-state index in [-0.39, 0.29) is 41.8 Å². The van der Waals surface area contributed by atoms with E-state index in [2.05, 4.69) is 0 Å². The fourth-order valence-corrected chi connectivity index (χ4v) is 6.62. The van der Waals surface area contributed by atoms with Crippen molar-refractivity contribution in [2.24, 2.45) is 34.0 Å². The lowest BCUT2D eigenvalue weighted by Crippen LogP contribution is -2.50. The molecular weight excluding hydrogens is 380 g/mol. The fraction of sp³-hybridized carbons (Fsp3) is 0.720. The van der Waals surface area contributed by atoms with Crippen LogP contribution in [0.1, 0.15) is 74.7 Å². The van der Waals surface area contributed by atoms with Crippen molar-refractivity contribution in [3.05, 3.63) is 23.0 Å². The molecule has 0 radical (unpaired) electrons. The molecule has 0 aromatic heterocycles. The summed E-state index contributed by atoms with van der Waals surface area (Å²) in [7, 11) is 0. The molecule has 5 nitrogen and oxygen atoms in total. The molecule has 0 heterocycles. The van der Waals surface area contributed by atoms with Gasteiger partial charge in [-0.1, -0.05) is 39.3 Å². The van der Waals surface area contributed by atoms with Gasteiger partial charge in [0.1, 0.15) is 11.3 Å². The predicted octanol–water partition coefficient (Wildman–Crippen LogP) is 4.34. The Morgan fingerprint density at radius 2 is 1.77 bits per heavy atom. The van der Waals surface area contributed by atoms with Gasteiger partial charge in [-0.05, 0) is 64.2 Å². The monoisotopic (exact) mass is 416 g/mol. The molecule has 30 heavy (non-hydrogen) atoms. The fourth-order valence-electron chi connectivity index (χ4n) is 6.62. The van der Waals surface area contributed by atoms with Gasteiger partial charge in [0.2, 0.25) is 0 Å². The SMILES string of the molecule is CC(C)=CCC12C[C@H]3C(C)(C)[C@@H](C(C)(C)O)C[C@]3(C1=O)C(O)=C(C(=O)C(C)C)C2=O. The molecule has 2 saturated carbocycles. The van der Waals surface area contributed by atoms with Crippen LogP contribution < -0.4 is 0 Å². The molecule has 2 fully saturated rings. The van der Waals surface area contributed by atoms with Gasteiger partial charge in [-0.3, -0.25) is 14.4 Å². The van der Waals surface area contributed by atoms with Crippen LogP contribution in [0.3, 0.4) is 0 Å². The highest BCUT2D eigenvalue weighted by atomic mass is 16.3. The number of Topliss-reactive ketones (excluding diaryl/α,β-unsaturated/α-hetero) is 3. The first kappa shape index (κ1) is 22.9. The molecule has 1 unspecified atom stereocenters. The van der Waals surface area contributed by atoms with Crippen molar-refractivity contribution >= 4 is 17.3 Å². The minimum absolute atomic E-state index is 0.179. The van der Waals surface area contributed by atoms with Crippen molar-refractivity contribution in [2.45, 2.75) is 80.3 Å². The lowest BCUT2D eigenvalue weighted by molar-refractivity contribution is -0.144.